The van der Waals surface area contributed by atoms with E-state index in [4.69, 9.17) is 4.74 Å². The van der Waals surface area contributed by atoms with E-state index in [1.54, 1.807) is 0 Å². The average Bonchev–Trinajstić information content (AvgIpc) is 3.39. The Balaban J connectivity index is 1.32. The van der Waals surface area contributed by atoms with Crippen molar-refractivity contribution in [1.82, 2.24) is 5.32 Å². The minimum atomic E-state index is -0.836. The summed E-state index contributed by atoms with van der Waals surface area (Å²) in [5.41, 5.74) is 4.63. The summed E-state index contributed by atoms with van der Waals surface area (Å²) in [5, 5.41) is 12.3. The molecular weight excluding hydrogens is 354 g/mol. The van der Waals surface area contributed by atoms with Crippen LogP contribution in [-0.4, -0.2) is 36.2 Å². The van der Waals surface area contributed by atoms with E-state index in [1.165, 1.54) is 22.3 Å². The molecule has 0 amide bonds. The Morgan fingerprint density at radius 1 is 1.04 bits per heavy atom. The molecule has 1 heterocycles. The third-order valence-corrected chi connectivity index (χ3v) is 6.75. The average molecular weight is 377 g/mol. The molecule has 0 bridgehead atoms. The largest absolute Gasteiger partial charge is 0.480 e. The molecule has 2 N–H and O–H groups in total. The number of ether oxygens (including phenoxy) is 1. The van der Waals surface area contributed by atoms with E-state index in [1.807, 2.05) is 24.3 Å². The van der Waals surface area contributed by atoms with Crippen molar-refractivity contribution in [3.8, 4) is 11.1 Å². The van der Waals surface area contributed by atoms with Gasteiger partial charge in [0.05, 0.1) is 5.92 Å². The van der Waals surface area contributed by atoms with Crippen molar-refractivity contribution in [2.75, 3.05) is 13.2 Å². The molecular formula is C23H23NO4. The number of carbonyl (C=O) groups excluding carboxylic acids is 1. The van der Waals surface area contributed by atoms with Crippen LogP contribution in [0.1, 0.15) is 36.3 Å². The Morgan fingerprint density at radius 2 is 1.64 bits per heavy atom. The smallest absolute Gasteiger partial charge is 0.320 e. The number of hydrogen-bond acceptors (Lipinski definition) is 4. The van der Waals surface area contributed by atoms with Gasteiger partial charge in [-0.3, -0.25) is 9.59 Å². The molecule has 5 heteroatoms. The van der Waals surface area contributed by atoms with E-state index >= 15 is 0 Å². The summed E-state index contributed by atoms with van der Waals surface area (Å²) in [5.74, 6) is -1.24. The maximum absolute atomic E-state index is 12.9. The lowest BCUT2D eigenvalue weighted by Crippen LogP contribution is -2.51. The third-order valence-electron chi connectivity index (χ3n) is 6.75. The zero-order chi connectivity index (χ0) is 19.3. The topological polar surface area (TPSA) is 75.6 Å². The fourth-order valence-corrected chi connectivity index (χ4v) is 5.02. The number of carboxylic acid groups (broad SMARTS) is 1. The highest BCUT2D eigenvalue weighted by atomic mass is 16.5. The molecule has 0 aromatic heterocycles. The third kappa shape index (κ3) is 2.73. The lowest BCUT2D eigenvalue weighted by Gasteiger charge is -2.34. The van der Waals surface area contributed by atoms with Gasteiger partial charge in [-0.05, 0) is 46.9 Å². The van der Waals surface area contributed by atoms with E-state index in [0.717, 1.165) is 12.8 Å². The molecule has 2 aromatic rings. The summed E-state index contributed by atoms with van der Waals surface area (Å²) in [6.45, 7) is 0.704. The fraction of sp³-hybridized carbons (Fsp3) is 0.391. The highest BCUT2D eigenvalue weighted by Gasteiger charge is 2.57. The predicted molar refractivity (Wildman–Crippen MR) is 104 cm³/mol. The van der Waals surface area contributed by atoms with Gasteiger partial charge in [0.25, 0.3) is 0 Å². The highest BCUT2D eigenvalue weighted by molar-refractivity contribution is 5.80. The van der Waals surface area contributed by atoms with Crippen molar-refractivity contribution in [2.45, 2.75) is 31.2 Å². The number of fused-ring (bicyclic) bond motifs is 3. The van der Waals surface area contributed by atoms with E-state index in [2.05, 4.69) is 29.6 Å². The lowest BCUT2D eigenvalue weighted by molar-refractivity contribution is -0.155. The normalized spacial score (nSPS) is 24.4. The van der Waals surface area contributed by atoms with Gasteiger partial charge >= 0.3 is 11.9 Å². The Morgan fingerprint density at radius 3 is 2.21 bits per heavy atom. The van der Waals surface area contributed by atoms with Gasteiger partial charge in [0.1, 0.15) is 12.6 Å². The van der Waals surface area contributed by atoms with Crippen LogP contribution in [0.2, 0.25) is 0 Å². The number of nitrogens with one attached hydrogen (secondary N) is 1. The van der Waals surface area contributed by atoms with Crippen LogP contribution in [-0.2, 0) is 14.3 Å². The maximum atomic E-state index is 12.9. The van der Waals surface area contributed by atoms with Gasteiger partial charge in [-0.15, -0.1) is 0 Å². The van der Waals surface area contributed by atoms with E-state index in [-0.39, 0.29) is 23.2 Å². The summed E-state index contributed by atoms with van der Waals surface area (Å²) in [7, 11) is 0. The number of aliphatic carboxylic acids is 1. The maximum Gasteiger partial charge on any atom is 0.320 e. The number of piperidine rings is 1. The number of hydrogen-bond donors (Lipinski definition) is 2. The van der Waals surface area contributed by atoms with Gasteiger partial charge in [-0.25, -0.2) is 0 Å². The van der Waals surface area contributed by atoms with Gasteiger partial charge < -0.3 is 15.2 Å². The standard InChI is InChI=1S/C23H23NO4/c25-21(26)20-11-23(9-10-23)19(12-24-20)22(27)28-13-18-16-7-3-1-5-14(16)15-6-2-4-8-17(15)18/h1-8,18-20,24H,9-13H2,(H,25,26)/t19?,20-/m0/s1. The molecule has 1 saturated carbocycles. The molecule has 1 aliphatic heterocycles. The highest BCUT2D eigenvalue weighted by Crippen LogP contribution is 2.57. The molecule has 3 aliphatic rings. The Hall–Kier alpha value is -2.66. The number of carbonyl (C=O) groups is 2. The van der Waals surface area contributed by atoms with Crippen LogP contribution in [0.5, 0.6) is 0 Å². The Bertz CT molecular complexity index is 904. The van der Waals surface area contributed by atoms with Crippen LogP contribution in [0.15, 0.2) is 48.5 Å². The van der Waals surface area contributed by atoms with Crippen LogP contribution in [0.3, 0.4) is 0 Å². The summed E-state index contributed by atoms with van der Waals surface area (Å²) in [4.78, 5) is 24.2. The number of esters is 1. The second-order valence-electron chi connectivity index (χ2n) is 8.28. The predicted octanol–water partition coefficient (Wildman–Crippen LogP) is 3.19. The van der Waals surface area contributed by atoms with E-state index < -0.39 is 12.0 Å². The lowest BCUT2D eigenvalue weighted by atomic mass is 9.80. The molecule has 144 valence electrons. The minimum absolute atomic E-state index is 0.0508. The molecule has 5 nitrogen and oxygen atoms in total. The van der Waals surface area contributed by atoms with Crippen molar-refractivity contribution in [2.24, 2.45) is 11.3 Å². The van der Waals surface area contributed by atoms with Gasteiger partial charge in [-0.1, -0.05) is 48.5 Å². The van der Waals surface area contributed by atoms with Crippen LogP contribution < -0.4 is 5.32 Å². The fourth-order valence-electron chi connectivity index (χ4n) is 5.02. The van der Waals surface area contributed by atoms with Crippen LogP contribution in [0.25, 0.3) is 11.1 Å². The first-order chi connectivity index (χ1) is 13.6. The molecule has 2 aliphatic carbocycles. The second kappa shape index (κ2) is 6.45. The Labute approximate surface area is 163 Å². The van der Waals surface area contributed by atoms with Gasteiger partial charge in [-0.2, -0.15) is 0 Å². The SMILES string of the molecule is O=C(OCC1c2ccccc2-c2ccccc21)C1CN[C@H](C(=O)O)CC12CC2. The molecule has 2 aromatic carbocycles. The van der Waals surface area contributed by atoms with Crippen molar-refractivity contribution in [1.29, 1.82) is 0 Å². The zero-order valence-electron chi connectivity index (χ0n) is 15.6. The molecule has 1 spiro atoms. The molecule has 5 rings (SSSR count). The van der Waals surface area contributed by atoms with Crippen LogP contribution >= 0.6 is 0 Å². The minimum Gasteiger partial charge on any atom is -0.480 e. The molecule has 2 atom stereocenters. The first-order valence-corrected chi connectivity index (χ1v) is 9.90. The van der Waals surface area contributed by atoms with Gasteiger partial charge in [0.2, 0.25) is 0 Å². The molecule has 1 unspecified atom stereocenters. The first kappa shape index (κ1) is 17.4. The number of rotatable bonds is 4. The van der Waals surface area contributed by atoms with Gasteiger partial charge in [0.15, 0.2) is 0 Å². The summed E-state index contributed by atoms with van der Waals surface area (Å²) < 4.78 is 5.82. The van der Waals surface area contributed by atoms with Crippen molar-refractivity contribution in [3.05, 3.63) is 59.7 Å². The number of carboxylic acids is 1. The molecule has 0 radical (unpaired) electrons. The Kier molecular flexibility index (Phi) is 4.02. The quantitative estimate of drug-likeness (QED) is 0.801. The van der Waals surface area contributed by atoms with Crippen molar-refractivity contribution in [3.63, 3.8) is 0 Å². The van der Waals surface area contributed by atoms with Crippen LogP contribution in [0, 0.1) is 11.3 Å². The first-order valence-electron chi connectivity index (χ1n) is 9.90. The second-order valence-corrected chi connectivity index (χ2v) is 8.28. The number of benzene rings is 2. The van der Waals surface area contributed by atoms with E-state index in [9.17, 15) is 14.7 Å². The summed E-state index contributed by atoms with van der Waals surface area (Å²) >= 11 is 0. The molecule has 28 heavy (non-hydrogen) atoms. The summed E-state index contributed by atoms with van der Waals surface area (Å²) in [6, 6.07) is 16.0. The summed E-state index contributed by atoms with van der Waals surface area (Å²) in [6.07, 6.45) is 2.33. The van der Waals surface area contributed by atoms with Gasteiger partial charge in [0, 0.05) is 12.5 Å². The van der Waals surface area contributed by atoms with Crippen LogP contribution in [0.4, 0.5) is 0 Å². The van der Waals surface area contributed by atoms with Crippen molar-refractivity contribution < 1.29 is 19.4 Å². The molecule has 1 saturated heterocycles. The van der Waals surface area contributed by atoms with E-state index in [0.29, 0.717) is 19.6 Å². The monoisotopic (exact) mass is 377 g/mol. The zero-order valence-corrected chi connectivity index (χ0v) is 15.6. The molecule has 2 fully saturated rings. The van der Waals surface area contributed by atoms with Crippen molar-refractivity contribution >= 4 is 11.9 Å².